The summed E-state index contributed by atoms with van der Waals surface area (Å²) in [6, 6.07) is -0.881. The molecule has 2 heterocycles. The molecule has 0 aliphatic carbocycles. The topological polar surface area (TPSA) is 81.1 Å². The van der Waals surface area contributed by atoms with Crippen LogP contribution in [-0.4, -0.2) is 68.9 Å². The molecule has 0 spiro atoms. The Kier molecular flexibility index (Phi) is 4.57. The number of rotatable bonds is 2. The lowest BCUT2D eigenvalue weighted by atomic mass is 9.92. The number of carboxylic acid groups (broad SMARTS) is 1. The fraction of sp³-hybridized carbons (Fsp3) is 0.833. The van der Waals surface area contributed by atoms with Crippen molar-refractivity contribution >= 4 is 23.8 Å². The molecule has 0 aromatic carbocycles. The van der Waals surface area contributed by atoms with E-state index in [0.29, 0.717) is 24.7 Å². The van der Waals surface area contributed by atoms with Crippen molar-refractivity contribution in [3.05, 3.63) is 0 Å². The SMILES string of the molecule is CC(O)C1CCN(C(=O)N2CSCC2C(=O)O)CC1. The number of thioether (sulfide) groups is 1. The van der Waals surface area contributed by atoms with Gasteiger partial charge in [0.25, 0.3) is 0 Å². The molecule has 7 heteroatoms. The van der Waals surface area contributed by atoms with Crippen LogP contribution in [0.25, 0.3) is 0 Å². The smallest absolute Gasteiger partial charge is 0.327 e. The van der Waals surface area contributed by atoms with E-state index in [1.807, 2.05) is 0 Å². The summed E-state index contributed by atoms with van der Waals surface area (Å²) < 4.78 is 0. The third-order valence-corrected chi connectivity index (χ3v) is 4.92. The van der Waals surface area contributed by atoms with Gasteiger partial charge in [0.15, 0.2) is 0 Å². The summed E-state index contributed by atoms with van der Waals surface area (Å²) in [7, 11) is 0. The summed E-state index contributed by atoms with van der Waals surface area (Å²) in [6.07, 6.45) is 1.22. The predicted octanol–water partition coefficient (Wildman–Crippen LogP) is 0.659. The maximum atomic E-state index is 12.3. The van der Waals surface area contributed by atoms with E-state index in [1.54, 1.807) is 11.8 Å². The number of carboxylic acids is 1. The fourth-order valence-corrected chi connectivity index (χ4v) is 3.73. The first-order valence-corrected chi connectivity index (χ1v) is 7.70. The summed E-state index contributed by atoms with van der Waals surface area (Å²) >= 11 is 1.47. The van der Waals surface area contributed by atoms with E-state index in [-0.39, 0.29) is 18.1 Å². The number of amides is 2. The number of piperidine rings is 1. The molecule has 2 atom stereocenters. The number of carbonyl (C=O) groups is 2. The maximum Gasteiger partial charge on any atom is 0.327 e. The lowest BCUT2D eigenvalue weighted by Gasteiger charge is -2.36. The number of aliphatic hydroxyl groups is 1. The van der Waals surface area contributed by atoms with Gasteiger partial charge in [-0.3, -0.25) is 0 Å². The van der Waals surface area contributed by atoms with E-state index in [9.17, 15) is 14.7 Å². The number of nitrogens with zero attached hydrogens (tertiary/aromatic N) is 2. The second kappa shape index (κ2) is 6.00. The minimum absolute atomic E-state index is 0.179. The van der Waals surface area contributed by atoms with Crippen molar-refractivity contribution in [3.63, 3.8) is 0 Å². The molecule has 19 heavy (non-hydrogen) atoms. The number of likely N-dealkylation sites (tertiary alicyclic amines) is 1. The number of hydrogen-bond donors (Lipinski definition) is 2. The Bertz CT molecular complexity index is 356. The average molecular weight is 288 g/mol. The second-order valence-electron chi connectivity index (χ2n) is 5.17. The van der Waals surface area contributed by atoms with Crippen LogP contribution in [-0.2, 0) is 4.79 Å². The number of aliphatic carboxylic acids is 1. The van der Waals surface area contributed by atoms with Crippen LogP contribution in [0, 0.1) is 5.92 Å². The van der Waals surface area contributed by atoms with Gasteiger partial charge in [-0.15, -0.1) is 11.8 Å². The van der Waals surface area contributed by atoms with Crippen LogP contribution in [0.3, 0.4) is 0 Å². The van der Waals surface area contributed by atoms with Crippen LogP contribution < -0.4 is 0 Å². The number of urea groups is 1. The first-order valence-electron chi connectivity index (χ1n) is 6.55. The number of aliphatic hydroxyl groups excluding tert-OH is 1. The van der Waals surface area contributed by atoms with Gasteiger partial charge in [0.05, 0.1) is 12.0 Å². The number of carbonyl (C=O) groups excluding carboxylic acids is 1. The monoisotopic (exact) mass is 288 g/mol. The highest BCUT2D eigenvalue weighted by Gasteiger charge is 2.37. The molecule has 2 saturated heterocycles. The summed E-state index contributed by atoms with van der Waals surface area (Å²) in [5.74, 6) is 0.224. The molecule has 6 nitrogen and oxygen atoms in total. The molecule has 2 fully saturated rings. The van der Waals surface area contributed by atoms with E-state index < -0.39 is 12.0 Å². The van der Waals surface area contributed by atoms with Crippen LogP contribution in [0.15, 0.2) is 0 Å². The highest BCUT2D eigenvalue weighted by Crippen LogP contribution is 2.26. The van der Waals surface area contributed by atoms with Crippen molar-refractivity contribution in [2.24, 2.45) is 5.92 Å². The van der Waals surface area contributed by atoms with Crippen molar-refractivity contribution in [2.45, 2.75) is 31.9 Å². The minimum atomic E-state index is -0.933. The molecule has 0 aromatic rings. The van der Waals surface area contributed by atoms with Gasteiger partial charge in [0.1, 0.15) is 6.04 Å². The summed E-state index contributed by atoms with van der Waals surface area (Å²) in [6.45, 7) is 2.98. The normalized spacial score (nSPS) is 26.5. The van der Waals surface area contributed by atoms with Gasteiger partial charge in [-0.05, 0) is 25.7 Å². The zero-order chi connectivity index (χ0) is 14.0. The molecule has 0 radical (unpaired) electrons. The largest absolute Gasteiger partial charge is 0.480 e. The Morgan fingerprint density at radius 1 is 1.32 bits per heavy atom. The highest BCUT2D eigenvalue weighted by molar-refractivity contribution is 7.99. The van der Waals surface area contributed by atoms with Gasteiger partial charge < -0.3 is 20.0 Å². The minimum Gasteiger partial charge on any atom is -0.480 e. The Labute approximate surface area is 116 Å². The van der Waals surface area contributed by atoms with Crippen LogP contribution >= 0.6 is 11.8 Å². The van der Waals surface area contributed by atoms with Crippen molar-refractivity contribution in [1.29, 1.82) is 0 Å². The van der Waals surface area contributed by atoms with Crippen molar-refractivity contribution in [1.82, 2.24) is 9.80 Å². The first kappa shape index (κ1) is 14.5. The molecule has 2 aliphatic rings. The molecule has 108 valence electrons. The first-order chi connectivity index (χ1) is 9.00. The van der Waals surface area contributed by atoms with Crippen LogP contribution in [0.5, 0.6) is 0 Å². The Balaban J connectivity index is 1.92. The molecule has 2 unspecified atom stereocenters. The summed E-state index contributed by atoms with van der Waals surface area (Å²) in [5.41, 5.74) is 0. The van der Waals surface area contributed by atoms with Gasteiger partial charge >= 0.3 is 12.0 Å². The molecule has 0 bridgehead atoms. The second-order valence-corrected chi connectivity index (χ2v) is 6.17. The lowest BCUT2D eigenvalue weighted by Crippen LogP contribution is -2.51. The van der Waals surface area contributed by atoms with E-state index >= 15 is 0 Å². The number of hydrogen-bond acceptors (Lipinski definition) is 4. The van der Waals surface area contributed by atoms with Crippen molar-refractivity contribution < 1.29 is 19.8 Å². The quantitative estimate of drug-likeness (QED) is 0.780. The molecule has 0 aromatic heterocycles. The molecular weight excluding hydrogens is 268 g/mol. The average Bonchev–Trinajstić information content (AvgIpc) is 2.87. The highest BCUT2D eigenvalue weighted by atomic mass is 32.2. The molecule has 2 rings (SSSR count). The van der Waals surface area contributed by atoms with Gasteiger partial charge in [0, 0.05) is 18.8 Å². The van der Waals surface area contributed by atoms with Crippen LogP contribution in [0.1, 0.15) is 19.8 Å². The molecule has 2 aliphatic heterocycles. The maximum absolute atomic E-state index is 12.3. The lowest BCUT2D eigenvalue weighted by molar-refractivity contribution is -0.141. The molecule has 2 N–H and O–H groups in total. The van der Waals surface area contributed by atoms with Crippen molar-refractivity contribution in [2.75, 3.05) is 24.7 Å². The summed E-state index contributed by atoms with van der Waals surface area (Å²) in [5, 5.41) is 18.6. The van der Waals surface area contributed by atoms with Gasteiger partial charge in [-0.2, -0.15) is 0 Å². The van der Waals surface area contributed by atoms with Gasteiger partial charge in [-0.1, -0.05) is 0 Å². The van der Waals surface area contributed by atoms with E-state index in [2.05, 4.69) is 0 Å². The van der Waals surface area contributed by atoms with E-state index in [1.165, 1.54) is 16.7 Å². The van der Waals surface area contributed by atoms with Crippen molar-refractivity contribution in [3.8, 4) is 0 Å². The van der Waals surface area contributed by atoms with Crippen LogP contribution in [0.2, 0.25) is 0 Å². The predicted molar refractivity (Wildman–Crippen MR) is 72.0 cm³/mol. The van der Waals surface area contributed by atoms with E-state index in [0.717, 1.165) is 12.8 Å². The fourth-order valence-electron chi connectivity index (χ4n) is 2.59. The van der Waals surface area contributed by atoms with Crippen LogP contribution in [0.4, 0.5) is 4.79 Å². The summed E-state index contributed by atoms with van der Waals surface area (Å²) in [4.78, 5) is 26.5. The van der Waals surface area contributed by atoms with Gasteiger partial charge in [0.2, 0.25) is 0 Å². The third-order valence-electron chi connectivity index (χ3n) is 3.91. The Hall–Kier alpha value is -0.950. The zero-order valence-corrected chi connectivity index (χ0v) is 11.8. The third kappa shape index (κ3) is 3.14. The standard InChI is InChI=1S/C12H20N2O4S/c1-8(15)9-2-4-13(5-3-9)12(18)14-7-19-6-10(14)11(16)17/h8-10,15H,2-7H2,1H3,(H,16,17). The Morgan fingerprint density at radius 2 is 1.95 bits per heavy atom. The molecular formula is C12H20N2O4S. The van der Waals surface area contributed by atoms with Gasteiger partial charge in [-0.25, -0.2) is 9.59 Å². The Morgan fingerprint density at radius 3 is 2.47 bits per heavy atom. The zero-order valence-electron chi connectivity index (χ0n) is 11.0. The van der Waals surface area contributed by atoms with E-state index in [4.69, 9.17) is 5.11 Å². The molecule has 0 saturated carbocycles. The molecule has 2 amide bonds.